The third-order valence-electron chi connectivity index (χ3n) is 2.46. The van der Waals surface area contributed by atoms with Crippen LogP contribution in [-0.4, -0.2) is 25.3 Å². The first kappa shape index (κ1) is 12.1. The summed E-state index contributed by atoms with van der Waals surface area (Å²) in [6.45, 7) is 1.04. The average molecular weight is 252 g/mol. The van der Waals surface area contributed by atoms with Crippen LogP contribution < -0.4 is 4.74 Å². The van der Waals surface area contributed by atoms with Crippen LogP contribution in [-0.2, 0) is 10.6 Å². The number of nitrogens with zero attached hydrogens (tertiary/aromatic N) is 1. The van der Waals surface area contributed by atoms with E-state index in [1.807, 2.05) is 30.3 Å². The molecule has 90 valence electrons. The molecular formula is C13H14ClNO2. The fourth-order valence-electron chi connectivity index (χ4n) is 1.63. The van der Waals surface area contributed by atoms with Crippen LogP contribution in [0.25, 0.3) is 10.9 Å². The lowest BCUT2D eigenvalue weighted by molar-refractivity contribution is 0.144. The minimum absolute atomic E-state index is 0.448. The highest BCUT2D eigenvalue weighted by atomic mass is 35.5. The van der Waals surface area contributed by atoms with E-state index in [1.165, 1.54) is 0 Å². The van der Waals surface area contributed by atoms with Gasteiger partial charge in [-0.15, -0.1) is 11.6 Å². The largest absolute Gasteiger partial charge is 0.475 e. The molecule has 0 aliphatic rings. The van der Waals surface area contributed by atoms with Crippen LogP contribution in [0.4, 0.5) is 0 Å². The molecule has 0 saturated carbocycles. The molecule has 1 aromatic carbocycles. The molecular weight excluding hydrogens is 238 g/mol. The van der Waals surface area contributed by atoms with Crippen LogP contribution in [0.2, 0.25) is 0 Å². The normalized spacial score (nSPS) is 10.7. The molecule has 0 saturated heterocycles. The Morgan fingerprint density at radius 2 is 2.06 bits per heavy atom. The van der Waals surface area contributed by atoms with Gasteiger partial charge in [-0.3, -0.25) is 0 Å². The zero-order valence-electron chi connectivity index (χ0n) is 9.65. The first-order valence-corrected chi connectivity index (χ1v) is 5.95. The molecule has 3 nitrogen and oxygen atoms in total. The Balaban J connectivity index is 2.32. The smallest absolute Gasteiger partial charge is 0.214 e. The zero-order valence-corrected chi connectivity index (χ0v) is 10.4. The number of hydrogen-bond acceptors (Lipinski definition) is 3. The Morgan fingerprint density at radius 1 is 1.24 bits per heavy atom. The highest BCUT2D eigenvalue weighted by molar-refractivity contribution is 6.18. The summed E-state index contributed by atoms with van der Waals surface area (Å²) in [6, 6.07) is 9.77. The van der Waals surface area contributed by atoms with Gasteiger partial charge in [0.2, 0.25) is 5.88 Å². The topological polar surface area (TPSA) is 31.4 Å². The maximum atomic E-state index is 5.93. The number of methoxy groups -OCH3 is 1. The summed E-state index contributed by atoms with van der Waals surface area (Å²) < 4.78 is 10.4. The van der Waals surface area contributed by atoms with Gasteiger partial charge in [-0.1, -0.05) is 18.2 Å². The predicted octanol–water partition coefficient (Wildman–Crippen LogP) is 3.00. The number of rotatable bonds is 5. The summed E-state index contributed by atoms with van der Waals surface area (Å²) >= 11 is 5.93. The third-order valence-corrected chi connectivity index (χ3v) is 2.75. The van der Waals surface area contributed by atoms with Gasteiger partial charge in [-0.05, 0) is 11.6 Å². The number of fused-ring (bicyclic) bond motifs is 1. The standard InChI is InChI=1S/C13H14ClNO2/c1-16-6-7-17-13-8-10(9-14)11-4-2-3-5-12(11)15-13/h2-5,8H,6-7,9H2,1H3. The number of alkyl halides is 1. The van der Waals surface area contributed by atoms with E-state index >= 15 is 0 Å². The molecule has 0 bridgehead atoms. The molecule has 1 aromatic heterocycles. The first-order valence-electron chi connectivity index (χ1n) is 5.41. The van der Waals surface area contributed by atoms with Crippen molar-refractivity contribution in [1.29, 1.82) is 0 Å². The molecule has 0 unspecified atom stereocenters. The van der Waals surface area contributed by atoms with E-state index in [0.29, 0.717) is 25.0 Å². The van der Waals surface area contributed by atoms with Crippen molar-refractivity contribution in [3.8, 4) is 5.88 Å². The van der Waals surface area contributed by atoms with Gasteiger partial charge in [0.1, 0.15) is 6.61 Å². The van der Waals surface area contributed by atoms with Crippen LogP contribution in [0.1, 0.15) is 5.56 Å². The van der Waals surface area contributed by atoms with Gasteiger partial charge < -0.3 is 9.47 Å². The summed E-state index contributed by atoms with van der Waals surface area (Å²) in [5.74, 6) is 1.04. The van der Waals surface area contributed by atoms with Gasteiger partial charge in [0.05, 0.1) is 12.1 Å². The number of ether oxygens (including phenoxy) is 2. The van der Waals surface area contributed by atoms with Crippen molar-refractivity contribution in [1.82, 2.24) is 4.98 Å². The van der Waals surface area contributed by atoms with Gasteiger partial charge in [0.25, 0.3) is 0 Å². The van der Waals surface area contributed by atoms with Crippen LogP contribution in [0.15, 0.2) is 30.3 Å². The summed E-state index contributed by atoms with van der Waals surface area (Å²) in [5.41, 5.74) is 1.93. The van der Waals surface area contributed by atoms with E-state index in [2.05, 4.69) is 4.98 Å². The Kier molecular flexibility index (Phi) is 4.18. The van der Waals surface area contributed by atoms with Crippen molar-refractivity contribution in [3.63, 3.8) is 0 Å². The van der Waals surface area contributed by atoms with Gasteiger partial charge in [-0.2, -0.15) is 0 Å². The second kappa shape index (κ2) is 5.84. The van der Waals surface area contributed by atoms with Gasteiger partial charge in [0, 0.05) is 24.4 Å². The number of aromatic nitrogens is 1. The minimum Gasteiger partial charge on any atom is -0.475 e. The number of benzene rings is 1. The fourth-order valence-corrected chi connectivity index (χ4v) is 1.86. The molecule has 0 atom stereocenters. The SMILES string of the molecule is COCCOc1cc(CCl)c2ccccc2n1. The third kappa shape index (κ3) is 2.87. The fraction of sp³-hybridized carbons (Fsp3) is 0.308. The van der Waals surface area contributed by atoms with Crippen molar-refractivity contribution in [2.45, 2.75) is 5.88 Å². The number of pyridine rings is 1. The summed E-state index contributed by atoms with van der Waals surface area (Å²) in [6.07, 6.45) is 0. The lowest BCUT2D eigenvalue weighted by Crippen LogP contribution is -2.05. The molecule has 0 spiro atoms. The molecule has 0 amide bonds. The van der Waals surface area contributed by atoms with Gasteiger partial charge in [-0.25, -0.2) is 4.98 Å². The van der Waals surface area contributed by atoms with Gasteiger partial charge in [0.15, 0.2) is 0 Å². The van der Waals surface area contributed by atoms with Crippen molar-refractivity contribution < 1.29 is 9.47 Å². The number of para-hydroxylation sites is 1. The van der Waals surface area contributed by atoms with Crippen LogP contribution in [0.5, 0.6) is 5.88 Å². The maximum Gasteiger partial charge on any atom is 0.214 e. The van der Waals surface area contributed by atoms with E-state index < -0.39 is 0 Å². The Bertz CT molecular complexity index is 502. The van der Waals surface area contributed by atoms with Crippen molar-refractivity contribution in [2.24, 2.45) is 0 Å². The van der Waals surface area contributed by atoms with Crippen molar-refractivity contribution >= 4 is 22.5 Å². The first-order chi connectivity index (χ1) is 8.35. The minimum atomic E-state index is 0.448. The molecule has 0 aliphatic carbocycles. The van der Waals surface area contributed by atoms with E-state index in [0.717, 1.165) is 16.5 Å². The van der Waals surface area contributed by atoms with Crippen LogP contribution in [0.3, 0.4) is 0 Å². The lowest BCUT2D eigenvalue weighted by Gasteiger charge is -2.08. The second-order valence-electron chi connectivity index (χ2n) is 3.61. The molecule has 0 aliphatic heterocycles. The monoisotopic (exact) mass is 251 g/mol. The summed E-state index contributed by atoms with van der Waals surface area (Å²) in [7, 11) is 1.64. The number of hydrogen-bond donors (Lipinski definition) is 0. The lowest BCUT2D eigenvalue weighted by atomic mass is 10.1. The molecule has 2 aromatic rings. The van der Waals surface area contributed by atoms with Crippen LogP contribution in [0, 0.1) is 0 Å². The molecule has 4 heteroatoms. The van der Waals surface area contributed by atoms with Gasteiger partial charge >= 0.3 is 0 Å². The number of halogens is 1. The van der Waals surface area contributed by atoms with E-state index in [-0.39, 0.29) is 0 Å². The maximum absolute atomic E-state index is 5.93. The molecule has 0 fully saturated rings. The van der Waals surface area contributed by atoms with E-state index in [9.17, 15) is 0 Å². The molecule has 0 radical (unpaired) electrons. The molecule has 1 heterocycles. The molecule has 17 heavy (non-hydrogen) atoms. The van der Waals surface area contributed by atoms with Crippen LogP contribution >= 0.6 is 11.6 Å². The summed E-state index contributed by atoms with van der Waals surface area (Å²) in [4.78, 5) is 4.42. The van der Waals surface area contributed by atoms with Crippen molar-refractivity contribution in [2.75, 3.05) is 20.3 Å². The zero-order chi connectivity index (χ0) is 12.1. The highest BCUT2D eigenvalue weighted by Gasteiger charge is 2.05. The molecule has 2 rings (SSSR count). The van der Waals surface area contributed by atoms with E-state index in [4.69, 9.17) is 21.1 Å². The summed E-state index contributed by atoms with van der Waals surface area (Å²) in [5, 5.41) is 1.07. The predicted molar refractivity (Wildman–Crippen MR) is 68.7 cm³/mol. The molecule has 0 N–H and O–H groups in total. The Labute approximate surface area is 105 Å². The Morgan fingerprint density at radius 3 is 2.82 bits per heavy atom. The highest BCUT2D eigenvalue weighted by Crippen LogP contribution is 2.23. The Hall–Kier alpha value is -1.32. The van der Waals surface area contributed by atoms with Crippen molar-refractivity contribution in [3.05, 3.63) is 35.9 Å². The van der Waals surface area contributed by atoms with E-state index in [1.54, 1.807) is 7.11 Å². The quantitative estimate of drug-likeness (QED) is 0.605. The average Bonchev–Trinajstić information content (AvgIpc) is 2.38. The second-order valence-corrected chi connectivity index (χ2v) is 3.88.